The first-order valence-corrected chi connectivity index (χ1v) is 12.9. The average Bonchev–Trinajstić information content (AvgIpc) is 3.15. The van der Waals surface area contributed by atoms with E-state index < -0.39 is 29.0 Å². The number of halogens is 1. The lowest BCUT2D eigenvalue weighted by molar-refractivity contribution is -0.119. The fourth-order valence-electron chi connectivity index (χ4n) is 5.69. The minimum Gasteiger partial charge on any atom is -0.444 e. The summed E-state index contributed by atoms with van der Waals surface area (Å²) in [4.78, 5) is 38.8. The molecular formula is C29H31FN4O5. The fourth-order valence-corrected chi connectivity index (χ4v) is 5.69. The molecule has 3 fully saturated rings. The summed E-state index contributed by atoms with van der Waals surface area (Å²) in [6.45, 7) is 8.19. The van der Waals surface area contributed by atoms with Gasteiger partial charge in [0.15, 0.2) is 0 Å². The van der Waals surface area contributed by atoms with E-state index in [2.05, 4.69) is 11.4 Å². The minimum atomic E-state index is -0.663. The van der Waals surface area contributed by atoms with Gasteiger partial charge in [0.1, 0.15) is 17.5 Å². The van der Waals surface area contributed by atoms with Gasteiger partial charge in [-0.25, -0.2) is 14.0 Å². The molecule has 0 bridgehead atoms. The molecule has 0 radical (unpaired) electrons. The number of rotatable bonds is 5. The van der Waals surface area contributed by atoms with Crippen LogP contribution in [0.3, 0.4) is 0 Å². The molecule has 9 nitrogen and oxygen atoms in total. The van der Waals surface area contributed by atoms with E-state index in [4.69, 9.17) is 9.47 Å². The standard InChI is InChI=1S/C29H31FN4O5/c1-17(35)32-12-21-13-34(27(37)38-21)20-9-10-22(25(30)11-20)18-5-7-19(8-6-18)29(16-31)23-14-33(15-24(23)29)26(36)39-28(2,3)4/h5-11,21,23-24H,12-15H2,1-4H3,(H,32,35)/t21-,23-,24+,29+/m0/s1. The summed E-state index contributed by atoms with van der Waals surface area (Å²) in [7, 11) is 0. The Balaban J connectivity index is 1.26. The number of hydrogen-bond donors (Lipinski definition) is 1. The normalized spacial score (nSPS) is 25.5. The van der Waals surface area contributed by atoms with Gasteiger partial charge in [-0.2, -0.15) is 5.26 Å². The second-order valence-corrected chi connectivity index (χ2v) is 11.4. The summed E-state index contributed by atoms with van der Waals surface area (Å²) in [5.41, 5.74) is 0.994. The second kappa shape index (κ2) is 9.56. The third kappa shape index (κ3) is 4.89. The lowest BCUT2D eigenvalue weighted by Crippen LogP contribution is -2.38. The first kappa shape index (κ1) is 26.5. The number of piperidine rings is 1. The summed E-state index contributed by atoms with van der Waals surface area (Å²) in [5.74, 6) is -0.651. The zero-order chi connectivity index (χ0) is 28.1. The molecule has 2 heterocycles. The van der Waals surface area contributed by atoms with Crippen LogP contribution in [0.1, 0.15) is 33.3 Å². The van der Waals surface area contributed by atoms with Gasteiger partial charge in [0, 0.05) is 37.4 Å². The number of amides is 3. The number of cyclic esters (lactones) is 1. The maximum Gasteiger partial charge on any atom is 0.414 e. The molecule has 5 rings (SSSR count). The number of anilines is 1. The van der Waals surface area contributed by atoms with Crippen molar-refractivity contribution >= 4 is 23.8 Å². The predicted octanol–water partition coefficient (Wildman–Crippen LogP) is 4.21. The topological polar surface area (TPSA) is 112 Å². The number of carbonyl (C=O) groups excluding carboxylic acids is 3. The van der Waals surface area contributed by atoms with E-state index in [0.29, 0.717) is 29.9 Å². The number of ether oxygens (including phenoxy) is 2. The van der Waals surface area contributed by atoms with Crippen molar-refractivity contribution in [2.45, 2.75) is 44.8 Å². The van der Waals surface area contributed by atoms with Gasteiger partial charge in [-0.3, -0.25) is 9.69 Å². The Labute approximate surface area is 226 Å². The summed E-state index contributed by atoms with van der Waals surface area (Å²) >= 11 is 0. The first-order chi connectivity index (χ1) is 18.4. The number of nitriles is 1. The number of fused-ring (bicyclic) bond motifs is 1. The summed E-state index contributed by atoms with van der Waals surface area (Å²) < 4.78 is 25.9. The van der Waals surface area contributed by atoms with Crippen LogP contribution in [0.25, 0.3) is 11.1 Å². The van der Waals surface area contributed by atoms with Crippen LogP contribution in [0.5, 0.6) is 0 Å². The van der Waals surface area contributed by atoms with Crippen molar-refractivity contribution in [2.24, 2.45) is 11.8 Å². The van der Waals surface area contributed by atoms with Crippen LogP contribution in [0.4, 0.5) is 19.7 Å². The van der Waals surface area contributed by atoms with Crippen LogP contribution in [0.15, 0.2) is 42.5 Å². The monoisotopic (exact) mass is 534 g/mol. The van der Waals surface area contributed by atoms with E-state index in [1.165, 1.54) is 17.9 Å². The SMILES string of the molecule is CC(=O)NC[C@H]1CN(c2ccc(-c3ccc([C@@]4(C#N)[C@@H]5CN(C(=O)OC(C)(C)C)C[C@@H]54)cc3)c(F)c2)C(=O)O1. The van der Waals surface area contributed by atoms with E-state index in [9.17, 15) is 19.6 Å². The molecule has 3 aliphatic rings. The molecule has 1 saturated carbocycles. The van der Waals surface area contributed by atoms with Crippen molar-refractivity contribution in [3.05, 3.63) is 53.8 Å². The van der Waals surface area contributed by atoms with Crippen molar-refractivity contribution in [1.82, 2.24) is 10.2 Å². The van der Waals surface area contributed by atoms with Gasteiger partial charge in [0.05, 0.1) is 30.3 Å². The van der Waals surface area contributed by atoms with Gasteiger partial charge in [-0.15, -0.1) is 0 Å². The molecule has 1 aliphatic carbocycles. The Morgan fingerprint density at radius 3 is 2.38 bits per heavy atom. The van der Waals surface area contributed by atoms with Crippen LogP contribution in [-0.2, 0) is 19.7 Å². The van der Waals surface area contributed by atoms with E-state index in [0.717, 1.165) is 5.56 Å². The third-order valence-electron chi connectivity index (χ3n) is 7.61. The van der Waals surface area contributed by atoms with Gasteiger partial charge in [-0.1, -0.05) is 24.3 Å². The maximum absolute atomic E-state index is 15.2. The van der Waals surface area contributed by atoms with Crippen molar-refractivity contribution in [3.8, 4) is 17.2 Å². The summed E-state index contributed by atoms with van der Waals surface area (Å²) in [6.07, 6.45) is -1.47. The number of likely N-dealkylation sites (tertiary alicyclic amines) is 1. The van der Waals surface area contributed by atoms with Gasteiger partial charge in [0.2, 0.25) is 5.91 Å². The third-order valence-corrected chi connectivity index (χ3v) is 7.61. The Morgan fingerprint density at radius 2 is 1.82 bits per heavy atom. The Hall–Kier alpha value is -4.13. The number of carbonyl (C=O) groups is 3. The van der Waals surface area contributed by atoms with Gasteiger partial charge in [0.25, 0.3) is 0 Å². The van der Waals surface area contributed by atoms with Crippen LogP contribution >= 0.6 is 0 Å². The molecule has 2 aliphatic heterocycles. The molecule has 4 atom stereocenters. The number of nitrogens with zero attached hydrogens (tertiary/aromatic N) is 3. The fraction of sp³-hybridized carbons (Fsp3) is 0.448. The second-order valence-electron chi connectivity index (χ2n) is 11.4. The molecule has 2 aromatic rings. The highest BCUT2D eigenvalue weighted by atomic mass is 19.1. The van der Waals surface area contributed by atoms with Crippen LogP contribution in [0.2, 0.25) is 0 Å². The molecule has 2 saturated heterocycles. The molecule has 0 unspecified atom stereocenters. The van der Waals surface area contributed by atoms with E-state index >= 15 is 4.39 Å². The van der Waals surface area contributed by atoms with E-state index in [1.54, 1.807) is 29.2 Å². The molecular weight excluding hydrogens is 503 g/mol. The van der Waals surface area contributed by atoms with Crippen LogP contribution < -0.4 is 10.2 Å². The molecule has 1 N–H and O–H groups in total. The summed E-state index contributed by atoms with van der Waals surface area (Å²) in [5, 5.41) is 12.7. The number of benzene rings is 2. The van der Waals surface area contributed by atoms with Crippen molar-refractivity contribution in [1.29, 1.82) is 5.26 Å². The average molecular weight is 535 g/mol. The highest BCUT2D eigenvalue weighted by Gasteiger charge is 2.70. The highest BCUT2D eigenvalue weighted by molar-refractivity contribution is 5.90. The molecule has 0 spiro atoms. The predicted molar refractivity (Wildman–Crippen MR) is 140 cm³/mol. The quantitative estimate of drug-likeness (QED) is 0.615. The van der Waals surface area contributed by atoms with E-state index in [1.807, 2.05) is 32.9 Å². The van der Waals surface area contributed by atoms with Crippen molar-refractivity contribution < 1.29 is 28.2 Å². The Morgan fingerprint density at radius 1 is 1.15 bits per heavy atom. The first-order valence-electron chi connectivity index (χ1n) is 12.9. The lowest BCUT2D eigenvalue weighted by atomic mass is 9.90. The molecule has 3 amide bonds. The molecule has 2 aromatic carbocycles. The van der Waals surface area contributed by atoms with Crippen LogP contribution in [-0.4, -0.2) is 60.9 Å². The van der Waals surface area contributed by atoms with Gasteiger partial charge in [-0.05, 0) is 50.1 Å². The number of hydrogen-bond acceptors (Lipinski definition) is 6. The maximum atomic E-state index is 15.2. The van der Waals surface area contributed by atoms with E-state index in [-0.39, 0.29) is 36.9 Å². The smallest absolute Gasteiger partial charge is 0.414 e. The Kier molecular flexibility index (Phi) is 6.49. The molecule has 10 heteroatoms. The highest BCUT2D eigenvalue weighted by Crippen LogP contribution is 2.63. The zero-order valence-corrected chi connectivity index (χ0v) is 22.4. The van der Waals surface area contributed by atoms with Gasteiger partial charge < -0.3 is 19.7 Å². The van der Waals surface area contributed by atoms with Crippen molar-refractivity contribution in [2.75, 3.05) is 31.1 Å². The Bertz CT molecular complexity index is 1350. The molecule has 39 heavy (non-hydrogen) atoms. The van der Waals surface area contributed by atoms with Crippen LogP contribution in [0, 0.1) is 29.0 Å². The lowest BCUT2D eigenvalue weighted by Gasteiger charge is -2.27. The summed E-state index contributed by atoms with van der Waals surface area (Å²) in [6, 6.07) is 14.3. The van der Waals surface area contributed by atoms with Gasteiger partial charge >= 0.3 is 12.2 Å². The molecule has 0 aromatic heterocycles. The molecule has 204 valence electrons. The van der Waals surface area contributed by atoms with Crippen molar-refractivity contribution in [3.63, 3.8) is 0 Å². The number of nitrogens with one attached hydrogen (secondary N) is 1. The largest absolute Gasteiger partial charge is 0.444 e. The zero-order valence-electron chi connectivity index (χ0n) is 22.4. The minimum absolute atomic E-state index is 0.0339.